The SMILES string of the molecule is C=C(C)/C=C/C1(CCNC(=O)OC)C(=O)N(Cc2ccccc2)c2cc(OC)ccc21. The summed E-state index contributed by atoms with van der Waals surface area (Å²) < 4.78 is 10.1. The van der Waals surface area contributed by atoms with Gasteiger partial charge in [-0.2, -0.15) is 0 Å². The Morgan fingerprint density at radius 2 is 1.94 bits per heavy atom. The second-order valence-corrected chi connectivity index (χ2v) is 7.58. The van der Waals surface area contributed by atoms with Gasteiger partial charge in [0.05, 0.1) is 31.9 Å². The van der Waals surface area contributed by atoms with Crippen LogP contribution < -0.4 is 15.0 Å². The third kappa shape index (κ3) is 4.63. The van der Waals surface area contributed by atoms with E-state index in [4.69, 9.17) is 4.74 Å². The number of carbonyl (C=O) groups is 2. The number of hydrogen-bond donors (Lipinski definition) is 1. The van der Waals surface area contributed by atoms with Crippen molar-refractivity contribution in [3.8, 4) is 5.75 Å². The van der Waals surface area contributed by atoms with E-state index in [1.54, 1.807) is 12.0 Å². The minimum Gasteiger partial charge on any atom is -0.497 e. The van der Waals surface area contributed by atoms with Crippen molar-refractivity contribution in [3.05, 3.63) is 84.0 Å². The van der Waals surface area contributed by atoms with Crippen LogP contribution in [0.1, 0.15) is 24.5 Å². The van der Waals surface area contributed by atoms with Crippen LogP contribution in [-0.2, 0) is 21.5 Å². The molecule has 0 radical (unpaired) electrons. The Bertz CT molecular complexity index is 1000. The third-order valence-electron chi connectivity index (χ3n) is 5.41. The van der Waals surface area contributed by atoms with E-state index in [1.807, 2.05) is 67.6 Å². The van der Waals surface area contributed by atoms with Crippen LogP contribution >= 0.6 is 0 Å². The maximum atomic E-state index is 13.9. The molecule has 2 aromatic carbocycles. The fraction of sp³-hybridized carbons (Fsp3) is 0.280. The molecule has 3 rings (SSSR count). The van der Waals surface area contributed by atoms with Gasteiger partial charge in [-0.05, 0) is 30.5 Å². The minimum atomic E-state index is -0.934. The lowest BCUT2D eigenvalue weighted by Gasteiger charge is -2.26. The zero-order valence-corrected chi connectivity index (χ0v) is 18.2. The van der Waals surface area contributed by atoms with Crippen molar-refractivity contribution >= 4 is 17.7 Å². The van der Waals surface area contributed by atoms with Crippen molar-refractivity contribution in [1.82, 2.24) is 5.32 Å². The van der Waals surface area contributed by atoms with Crippen LogP contribution in [0.3, 0.4) is 0 Å². The summed E-state index contributed by atoms with van der Waals surface area (Å²) in [6, 6.07) is 15.5. The number of rotatable bonds is 8. The number of fused-ring (bicyclic) bond motifs is 1. The number of allylic oxidation sites excluding steroid dienone is 2. The number of ether oxygens (including phenoxy) is 2. The van der Waals surface area contributed by atoms with Crippen molar-refractivity contribution in [2.75, 3.05) is 25.7 Å². The molecule has 1 atom stereocenters. The third-order valence-corrected chi connectivity index (χ3v) is 5.41. The van der Waals surface area contributed by atoms with Gasteiger partial charge in [0.15, 0.2) is 0 Å². The molecule has 1 unspecified atom stereocenters. The van der Waals surface area contributed by atoms with Gasteiger partial charge < -0.3 is 19.7 Å². The molecule has 6 nitrogen and oxygen atoms in total. The van der Waals surface area contributed by atoms with Crippen LogP contribution in [0.4, 0.5) is 10.5 Å². The summed E-state index contributed by atoms with van der Waals surface area (Å²) in [6.45, 7) is 6.54. The maximum absolute atomic E-state index is 13.9. The van der Waals surface area contributed by atoms with Crippen LogP contribution in [0.2, 0.25) is 0 Å². The number of amides is 2. The molecule has 0 aliphatic carbocycles. The Hall–Kier alpha value is -3.54. The molecule has 0 saturated carbocycles. The maximum Gasteiger partial charge on any atom is 0.406 e. The lowest BCUT2D eigenvalue weighted by Crippen LogP contribution is -2.41. The highest BCUT2D eigenvalue weighted by Gasteiger charge is 2.49. The molecule has 2 aromatic rings. The van der Waals surface area contributed by atoms with Crippen molar-refractivity contribution in [3.63, 3.8) is 0 Å². The lowest BCUT2D eigenvalue weighted by molar-refractivity contribution is -0.122. The minimum absolute atomic E-state index is 0.0521. The van der Waals surface area contributed by atoms with E-state index in [1.165, 1.54) is 7.11 Å². The van der Waals surface area contributed by atoms with Crippen LogP contribution in [0.5, 0.6) is 5.75 Å². The number of nitrogens with zero attached hydrogens (tertiary/aromatic N) is 1. The van der Waals surface area contributed by atoms with Gasteiger partial charge in [-0.15, -0.1) is 0 Å². The Morgan fingerprint density at radius 3 is 2.58 bits per heavy atom. The smallest absolute Gasteiger partial charge is 0.406 e. The zero-order valence-electron chi connectivity index (χ0n) is 18.2. The summed E-state index contributed by atoms with van der Waals surface area (Å²) in [5.41, 5.74) is 2.61. The molecular weight excluding hydrogens is 392 g/mol. The molecule has 0 spiro atoms. The van der Waals surface area contributed by atoms with Gasteiger partial charge in [0.25, 0.3) is 0 Å². The molecule has 2 amide bonds. The fourth-order valence-electron chi connectivity index (χ4n) is 3.83. The molecule has 0 fully saturated rings. The molecule has 0 saturated heterocycles. The fourth-order valence-corrected chi connectivity index (χ4v) is 3.83. The van der Waals surface area contributed by atoms with Crippen LogP contribution in [0.25, 0.3) is 0 Å². The van der Waals surface area contributed by atoms with Crippen molar-refractivity contribution in [2.24, 2.45) is 0 Å². The normalized spacial score (nSPS) is 17.5. The van der Waals surface area contributed by atoms with E-state index in [0.29, 0.717) is 18.7 Å². The summed E-state index contributed by atoms with van der Waals surface area (Å²) in [7, 11) is 2.92. The number of carbonyl (C=O) groups excluding carboxylic acids is 2. The second kappa shape index (κ2) is 9.51. The Balaban J connectivity index is 2.07. The monoisotopic (exact) mass is 420 g/mol. The summed E-state index contributed by atoms with van der Waals surface area (Å²) >= 11 is 0. The predicted octanol–water partition coefficient (Wildman–Crippen LogP) is 4.36. The highest BCUT2D eigenvalue weighted by atomic mass is 16.5. The quantitative estimate of drug-likeness (QED) is 0.645. The van der Waals surface area contributed by atoms with E-state index >= 15 is 0 Å². The van der Waals surface area contributed by atoms with E-state index < -0.39 is 11.5 Å². The van der Waals surface area contributed by atoms with Gasteiger partial charge >= 0.3 is 6.09 Å². The predicted molar refractivity (Wildman–Crippen MR) is 121 cm³/mol. The molecule has 1 heterocycles. The zero-order chi connectivity index (χ0) is 22.4. The number of hydrogen-bond acceptors (Lipinski definition) is 4. The highest BCUT2D eigenvalue weighted by Crippen LogP contribution is 2.47. The van der Waals surface area contributed by atoms with Crippen molar-refractivity contribution < 1.29 is 19.1 Å². The average Bonchev–Trinajstić information content (AvgIpc) is 3.00. The van der Waals surface area contributed by atoms with Crippen LogP contribution in [-0.4, -0.2) is 32.8 Å². The van der Waals surface area contributed by atoms with E-state index in [9.17, 15) is 9.59 Å². The van der Waals surface area contributed by atoms with Gasteiger partial charge in [-0.3, -0.25) is 4.79 Å². The van der Waals surface area contributed by atoms with E-state index in [2.05, 4.69) is 16.6 Å². The molecule has 6 heteroatoms. The standard InChI is InChI=1S/C25H28N2O4/c1-18(2)12-13-25(14-15-26-24(29)31-4)21-11-10-20(30-3)16-22(21)27(23(25)28)17-19-8-6-5-7-9-19/h5-13,16H,1,14-15,17H2,2-4H3,(H,26,29)/b13-12+. The van der Waals surface area contributed by atoms with Crippen LogP contribution in [0, 0.1) is 0 Å². The molecular formula is C25H28N2O4. The first-order chi connectivity index (χ1) is 14.9. The summed E-state index contributed by atoms with van der Waals surface area (Å²) in [5, 5.41) is 2.70. The van der Waals surface area contributed by atoms with Gasteiger partial charge in [0.2, 0.25) is 5.91 Å². The van der Waals surface area contributed by atoms with Gasteiger partial charge in [-0.1, -0.05) is 60.7 Å². The summed E-state index contributed by atoms with van der Waals surface area (Å²) in [6.07, 6.45) is 3.61. The Labute approximate surface area is 183 Å². The lowest BCUT2D eigenvalue weighted by atomic mass is 9.78. The molecule has 1 N–H and O–H groups in total. The number of methoxy groups -OCH3 is 2. The molecule has 0 bridgehead atoms. The first kappa shape index (κ1) is 22.2. The average molecular weight is 421 g/mol. The molecule has 31 heavy (non-hydrogen) atoms. The Morgan fingerprint density at radius 1 is 1.19 bits per heavy atom. The molecule has 162 valence electrons. The van der Waals surface area contributed by atoms with Crippen LogP contribution in [0.15, 0.2) is 72.8 Å². The molecule has 1 aliphatic heterocycles. The largest absolute Gasteiger partial charge is 0.497 e. The van der Waals surface area contributed by atoms with Crippen molar-refractivity contribution in [2.45, 2.75) is 25.3 Å². The second-order valence-electron chi connectivity index (χ2n) is 7.58. The first-order valence-electron chi connectivity index (χ1n) is 10.1. The first-order valence-corrected chi connectivity index (χ1v) is 10.1. The molecule has 0 aromatic heterocycles. The van der Waals surface area contributed by atoms with E-state index in [0.717, 1.165) is 22.4 Å². The van der Waals surface area contributed by atoms with Crippen molar-refractivity contribution in [1.29, 1.82) is 0 Å². The highest BCUT2D eigenvalue weighted by molar-refractivity contribution is 6.09. The number of anilines is 1. The topological polar surface area (TPSA) is 67.9 Å². The molecule has 1 aliphatic rings. The summed E-state index contributed by atoms with van der Waals surface area (Å²) in [5.74, 6) is 0.626. The number of benzene rings is 2. The van der Waals surface area contributed by atoms with Gasteiger partial charge in [-0.25, -0.2) is 4.79 Å². The number of alkyl carbamates (subject to hydrolysis) is 1. The van der Waals surface area contributed by atoms with Gasteiger partial charge in [0, 0.05) is 12.6 Å². The Kier molecular flexibility index (Phi) is 6.80. The van der Waals surface area contributed by atoms with E-state index in [-0.39, 0.29) is 12.5 Å². The van der Waals surface area contributed by atoms with Gasteiger partial charge in [0.1, 0.15) is 5.75 Å². The number of nitrogens with one attached hydrogen (secondary N) is 1. The summed E-state index contributed by atoms with van der Waals surface area (Å²) in [4.78, 5) is 27.3.